The van der Waals surface area contributed by atoms with Crippen LogP contribution in [0, 0.1) is 11.8 Å². The number of pyridine rings is 2. The fraction of sp³-hybridized carbons (Fsp3) is 0.462. The Balaban J connectivity index is 0.000000202. The minimum Gasteiger partial charge on any atom is -0.384 e. The maximum atomic E-state index is 13.0. The number of piperidine rings is 1. The number of nitrogens with zero attached hydrogens (tertiary/aromatic N) is 5. The molecule has 0 spiro atoms. The quantitative estimate of drug-likeness (QED) is 0.524. The molecule has 4 heterocycles. The van der Waals surface area contributed by atoms with Gasteiger partial charge in [0.25, 0.3) is 0 Å². The molecule has 6 rings (SSSR count). The molecule has 1 aliphatic heterocycles. The third kappa shape index (κ3) is 5.08. The highest BCUT2D eigenvalue weighted by molar-refractivity contribution is 5.95. The maximum absolute atomic E-state index is 13.0. The number of hydrogen-bond donors (Lipinski definition) is 1. The van der Waals surface area contributed by atoms with Crippen LogP contribution < -0.4 is 10.6 Å². The van der Waals surface area contributed by atoms with E-state index in [1.165, 1.54) is 24.1 Å². The van der Waals surface area contributed by atoms with Crippen LogP contribution in [0.2, 0.25) is 0 Å². The molecule has 190 valence electrons. The van der Waals surface area contributed by atoms with Gasteiger partial charge in [-0.05, 0) is 67.2 Å². The fourth-order valence-corrected chi connectivity index (χ4v) is 5.13. The first-order valence-electron chi connectivity index (χ1n) is 12.2. The number of carbonyl (C=O) groups excluding carboxylic acids is 1. The lowest BCUT2D eigenvalue weighted by atomic mass is 10.1. The number of aromatic nitrogens is 4. The Hall–Kier alpha value is -3.43. The Kier molecular flexibility index (Phi) is 6.22. The van der Waals surface area contributed by atoms with E-state index in [0.29, 0.717) is 11.7 Å². The number of halogens is 3. The standard InChI is InChI=1S/C17H17F3N4O.C9H12N2/c1-10(25)14-9-24(22-16(14)17(18,19)20)6-11-2-3-15(21-5-11)23-7-12-4-13(12)8-23;1-6-2-4-8-7(6)3-5-9(10)11-8/h2-3,5,9,12-13H,4,6-8H2,1H3;3,5-6H,2,4H2,1H3,(H2,10,11). The third-order valence-electron chi connectivity index (χ3n) is 7.24. The molecule has 2 fully saturated rings. The van der Waals surface area contributed by atoms with Crippen molar-refractivity contribution in [1.29, 1.82) is 0 Å². The lowest BCUT2D eigenvalue weighted by molar-refractivity contribution is -0.141. The summed E-state index contributed by atoms with van der Waals surface area (Å²) in [5, 5.41) is 3.55. The van der Waals surface area contributed by atoms with Crippen molar-refractivity contribution in [3.05, 3.63) is 64.7 Å². The van der Waals surface area contributed by atoms with Gasteiger partial charge < -0.3 is 10.6 Å². The van der Waals surface area contributed by atoms with Crippen molar-refractivity contribution in [3.8, 4) is 0 Å². The van der Waals surface area contributed by atoms with Gasteiger partial charge in [0.2, 0.25) is 0 Å². The second-order valence-electron chi connectivity index (χ2n) is 10.0. The number of rotatable bonds is 4. The molecular weight excluding hydrogens is 469 g/mol. The summed E-state index contributed by atoms with van der Waals surface area (Å²) < 4.78 is 40.1. The molecule has 1 saturated carbocycles. The molecular formula is C26H29F3N6O. The van der Waals surface area contributed by atoms with E-state index in [-0.39, 0.29) is 6.54 Å². The Labute approximate surface area is 207 Å². The van der Waals surface area contributed by atoms with Crippen LogP contribution in [0.4, 0.5) is 24.8 Å². The van der Waals surface area contributed by atoms with Crippen LogP contribution in [0.1, 0.15) is 65.5 Å². The number of ketones is 1. The summed E-state index contributed by atoms with van der Waals surface area (Å²) in [5.41, 5.74) is 7.35. The van der Waals surface area contributed by atoms with Crippen LogP contribution in [0.3, 0.4) is 0 Å². The van der Waals surface area contributed by atoms with E-state index in [1.807, 2.05) is 18.2 Å². The molecule has 36 heavy (non-hydrogen) atoms. The van der Waals surface area contributed by atoms with Crippen molar-refractivity contribution in [2.75, 3.05) is 23.7 Å². The molecule has 0 amide bonds. The van der Waals surface area contributed by atoms with Crippen LogP contribution >= 0.6 is 0 Å². The van der Waals surface area contributed by atoms with Crippen molar-refractivity contribution in [2.24, 2.45) is 11.8 Å². The van der Waals surface area contributed by atoms with Crippen LogP contribution in [-0.2, 0) is 19.1 Å². The molecule has 3 aromatic rings. The number of alkyl halides is 3. The third-order valence-corrected chi connectivity index (χ3v) is 7.24. The van der Waals surface area contributed by atoms with Gasteiger partial charge in [-0.3, -0.25) is 9.48 Å². The van der Waals surface area contributed by atoms with Crippen molar-refractivity contribution in [1.82, 2.24) is 19.7 Å². The molecule has 0 bridgehead atoms. The number of anilines is 2. The summed E-state index contributed by atoms with van der Waals surface area (Å²) in [6.45, 7) is 5.55. The van der Waals surface area contributed by atoms with Gasteiger partial charge in [-0.1, -0.05) is 19.1 Å². The summed E-state index contributed by atoms with van der Waals surface area (Å²) in [6.07, 6.45) is 1.79. The number of nitrogens with two attached hydrogens (primary N) is 1. The highest BCUT2D eigenvalue weighted by Crippen LogP contribution is 2.45. The molecule has 7 nitrogen and oxygen atoms in total. The summed E-state index contributed by atoms with van der Waals surface area (Å²) in [7, 11) is 0. The first-order valence-corrected chi connectivity index (χ1v) is 12.2. The zero-order valence-electron chi connectivity index (χ0n) is 20.3. The maximum Gasteiger partial charge on any atom is 0.435 e. The van der Waals surface area contributed by atoms with E-state index in [9.17, 15) is 18.0 Å². The van der Waals surface area contributed by atoms with E-state index in [2.05, 4.69) is 33.0 Å². The van der Waals surface area contributed by atoms with Gasteiger partial charge in [-0.2, -0.15) is 18.3 Å². The zero-order chi connectivity index (χ0) is 25.6. The van der Waals surface area contributed by atoms with Gasteiger partial charge in [-0.15, -0.1) is 0 Å². The topological polar surface area (TPSA) is 89.9 Å². The highest BCUT2D eigenvalue weighted by Gasteiger charge is 2.45. The summed E-state index contributed by atoms with van der Waals surface area (Å²) in [6, 6.07) is 7.73. The van der Waals surface area contributed by atoms with Crippen LogP contribution in [0.15, 0.2) is 36.7 Å². The smallest absolute Gasteiger partial charge is 0.384 e. The molecule has 2 N–H and O–H groups in total. The van der Waals surface area contributed by atoms with Crippen LogP contribution in [0.5, 0.6) is 0 Å². The number of aryl methyl sites for hydroxylation is 1. The Morgan fingerprint density at radius 1 is 1.17 bits per heavy atom. The minimum absolute atomic E-state index is 0.134. The predicted molar refractivity (Wildman–Crippen MR) is 130 cm³/mol. The first kappa shape index (κ1) is 24.3. The molecule has 3 aromatic heterocycles. The Morgan fingerprint density at radius 3 is 2.53 bits per heavy atom. The monoisotopic (exact) mass is 498 g/mol. The largest absolute Gasteiger partial charge is 0.435 e. The van der Waals surface area contributed by atoms with Gasteiger partial charge >= 0.3 is 6.18 Å². The Bertz CT molecular complexity index is 1260. The average molecular weight is 499 g/mol. The van der Waals surface area contributed by atoms with E-state index in [1.54, 1.807) is 6.20 Å². The number of Topliss-reactive ketones (excluding diaryl/α,β-unsaturated/α-hetero) is 1. The van der Waals surface area contributed by atoms with E-state index < -0.39 is 23.2 Å². The van der Waals surface area contributed by atoms with E-state index in [4.69, 9.17) is 5.73 Å². The van der Waals surface area contributed by atoms with Crippen LogP contribution in [-0.4, -0.2) is 38.6 Å². The van der Waals surface area contributed by atoms with Crippen molar-refractivity contribution < 1.29 is 18.0 Å². The molecule has 3 aliphatic rings. The lowest BCUT2D eigenvalue weighted by Crippen LogP contribution is -2.22. The number of fused-ring (bicyclic) bond motifs is 2. The van der Waals surface area contributed by atoms with Crippen LogP contribution in [0.25, 0.3) is 0 Å². The molecule has 3 unspecified atom stereocenters. The molecule has 2 aliphatic carbocycles. The summed E-state index contributed by atoms with van der Waals surface area (Å²) >= 11 is 0. The fourth-order valence-electron chi connectivity index (χ4n) is 5.13. The highest BCUT2D eigenvalue weighted by atomic mass is 19.4. The second kappa shape index (κ2) is 9.22. The Morgan fingerprint density at radius 2 is 1.92 bits per heavy atom. The molecule has 10 heteroatoms. The van der Waals surface area contributed by atoms with E-state index >= 15 is 0 Å². The number of nitrogen functional groups attached to an aromatic ring is 1. The normalized spacial score (nSPS) is 22.0. The van der Waals surface area contributed by atoms with E-state index in [0.717, 1.165) is 60.5 Å². The van der Waals surface area contributed by atoms with Crippen molar-refractivity contribution in [2.45, 2.75) is 51.7 Å². The van der Waals surface area contributed by atoms with Gasteiger partial charge in [-0.25, -0.2) is 9.97 Å². The summed E-state index contributed by atoms with van der Waals surface area (Å²) in [4.78, 5) is 22.4. The molecule has 3 atom stereocenters. The van der Waals surface area contributed by atoms with Gasteiger partial charge in [0.05, 0.1) is 12.1 Å². The van der Waals surface area contributed by atoms with Crippen molar-refractivity contribution in [3.63, 3.8) is 0 Å². The molecule has 0 radical (unpaired) electrons. The van der Waals surface area contributed by atoms with Crippen molar-refractivity contribution >= 4 is 17.4 Å². The molecule has 0 aromatic carbocycles. The number of carbonyl (C=O) groups is 1. The SMILES string of the molecule is CC(=O)c1cn(Cc2ccc(N3CC4CC4C3)nc2)nc1C(F)(F)F.CC1CCc2nc(N)ccc21. The first-order chi connectivity index (χ1) is 17.1. The lowest BCUT2D eigenvalue weighted by Gasteiger charge is -2.18. The predicted octanol–water partition coefficient (Wildman–Crippen LogP) is 4.72. The van der Waals surface area contributed by atoms with Gasteiger partial charge in [0.1, 0.15) is 11.6 Å². The van der Waals surface area contributed by atoms with Gasteiger partial charge in [0.15, 0.2) is 11.5 Å². The van der Waals surface area contributed by atoms with Gasteiger partial charge in [0, 0.05) is 31.2 Å². The second-order valence-corrected chi connectivity index (χ2v) is 10.0. The minimum atomic E-state index is -4.65. The average Bonchev–Trinajstić information content (AvgIpc) is 3.16. The zero-order valence-corrected chi connectivity index (χ0v) is 20.3. The molecule has 1 saturated heterocycles. The summed E-state index contributed by atoms with van der Waals surface area (Å²) in [5.74, 6) is 3.18. The number of hydrogen-bond acceptors (Lipinski definition) is 6.